The van der Waals surface area contributed by atoms with E-state index in [4.69, 9.17) is 0 Å². The lowest BCUT2D eigenvalue weighted by atomic mass is 10.0. The van der Waals surface area contributed by atoms with Crippen LogP contribution in [-0.4, -0.2) is 52.8 Å². The summed E-state index contributed by atoms with van der Waals surface area (Å²) in [5.41, 5.74) is 2.83. The molecule has 3 rings (SSSR count). The molecule has 1 fully saturated rings. The number of hydrogen-bond donors (Lipinski definition) is 0. The van der Waals surface area contributed by atoms with Crippen molar-refractivity contribution in [3.8, 4) is 0 Å². The van der Waals surface area contributed by atoms with Gasteiger partial charge in [-0.2, -0.15) is 5.10 Å². The van der Waals surface area contributed by atoms with Crippen molar-refractivity contribution in [1.82, 2.24) is 19.7 Å². The van der Waals surface area contributed by atoms with E-state index in [0.717, 1.165) is 36.6 Å². The molecule has 1 amide bonds. The maximum atomic E-state index is 12.8. The summed E-state index contributed by atoms with van der Waals surface area (Å²) in [6.07, 6.45) is 3.73. The lowest BCUT2D eigenvalue weighted by Gasteiger charge is -2.33. The Balaban J connectivity index is 1.74. The fourth-order valence-corrected chi connectivity index (χ4v) is 3.31. The Kier molecular flexibility index (Phi) is 4.55. The molecule has 0 saturated carbocycles. The molecule has 3 heterocycles. The van der Waals surface area contributed by atoms with Crippen LogP contribution in [0.25, 0.3) is 0 Å². The fourth-order valence-electron chi connectivity index (χ4n) is 3.31. The highest BCUT2D eigenvalue weighted by Gasteiger charge is 2.27. The summed E-state index contributed by atoms with van der Waals surface area (Å²) < 4.78 is 2.07. The van der Waals surface area contributed by atoms with Gasteiger partial charge in [0, 0.05) is 39.1 Å². The van der Waals surface area contributed by atoms with Gasteiger partial charge >= 0.3 is 0 Å². The fraction of sp³-hybridized carbons (Fsp3) is 0.500. The van der Waals surface area contributed by atoms with Crippen molar-refractivity contribution >= 4 is 11.7 Å². The van der Waals surface area contributed by atoms with Gasteiger partial charge in [-0.1, -0.05) is 0 Å². The number of pyridine rings is 1. The van der Waals surface area contributed by atoms with E-state index in [-0.39, 0.29) is 11.9 Å². The molecular formula is C18H25N5O. The first kappa shape index (κ1) is 16.5. The van der Waals surface area contributed by atoms with Crippen LogP contribution in [0.4, 0.5) is 5.82 Å². The zero-order chi connectivity index (χ0) is 17.3. The van der Waals surface area contributed by atoms with E-state index in [1.165, 1.54) is 0 Å². The number of carbonyl (C=O) groups is 1. The number of aromatic nitrogens is 3. The molecule has 0 aliphatic carbocycles. The molecule has 24 heavy (non-hydrogen) atoms. The second-order valence-electron chi connectivity index (χ2n) is 6.72. The van der Waals surface area contributed by atoms with Gasteiger partial charge in [0.2, 0.25) is 0 Å². The topological polar surface area (TPSA) is 54.3 Å². The Hall–Kier alpha value is -2.37. The molecule has 128 valence electrons. The number of nitrogens with zero attached hydrogens (tertiary/aromatic N) is 5. The lowest BCUT2D eigenvalue weighted by Crippen LogP contribution is -2.41. The van der Waals surface area contributed by atoms with Crippen LogP contribution in [0.1, 0.15) is 40.6 Å². The Morgan fingerprint density at radius 3 is 2.67 bits per heavy atom. The van der Waals surface area contributed by atoms with Gasteiger partial charge in [-0.3, -0.25) is 9.48 Å². The monoisotopic (exact) mass is 327 g/mol. The SMILES string of the molecule is Cc1cc(C)n(C2CCCN(C(=O)c3ccc(N(C)C)nc3)C2)n1. The Labute approximate surface area is 143 Å². The highest BCUT2D eigenvalue weighted by atomic mass is 16.2. The molecule has 6 nitrogen and oxygen atoms in total. The zero-order valence-electron chi connectivity index (χ0n) is 14.9. The average Bonchev–Trinajstić information content (AvgIpc) is 2.93. The maximum Gasteiger partial charge on any atom is 0.255 e. The molecule has 0 bridgehead atoms. The van der Waals surface area contributed by atoms with Crippen LogP contribution in [0.15, 0.2) is 24.4 Å². The molecule has 2 aromatic rings. The van der Waals surface area contributed by atoms with Crippen LogP contribution in [0.2, 0.25) is 0 Å². The summed E-state index contributed by atoms with van der Waals surface area (Å²) in [7, 11) is 3.88. The molecule has 1 aliphatic rings. The van der Waals surface area contributed by atoms with Crippen LogP contribution in [0.3, 0.4) is 0 Å². The highest BCUT2D eigenvalue weighted by Crippen LogP contribution is 2.24. The third-order valence-electron chi connectivity index (χ3n) is 4.53. The first-order chi connectivity index (χ1) is 11.5. The Morgan fingerprint density at radius 1 is 1.29 bits per heavy atom. The second-order valence-corrected chi connectivity index (χ2v) is 6.72. The molecular weight excluding hydrogens is 302 g/mol. The van der Waals surface area contributed by atoms with Gasteiger partial charge < -0.3 is 9.80 Å². The molecule has 1 unspecified atom stereocenters. The standard InChI is InChI=1S/C18H25N5O/c1-13-10-14(2)23(20-13)16-6-5-9-22(12-16)18(24)15-7-8-17(19-11-15)21(3)4/h7-8,10-11,16H,5-6,9,12H2,1-4H3. The van der Waals surface area contributed by atoms with Crippen LogP contribution >= 0.6 is 0 Å². The number of piperidine rings is 1. The lowest BCUT2D eigenvalue weighted by molar-refractivity contribution is 0.0671. The van der Waals surface area contributed by atoms with Crippen molar-refractivity contribution in [1.29, 1.82) is 0 Å². The van der Waals surface area contributed by atoms with Gasteiger partial charge in [-0.25, -0.2) is 4.98 Å². The third-order valence-corrected chi connectivity index (χ3v) is 4.53. The van der Waals surface area contributed by atoms with E-state index in [1.807, 2.05) is 43.0 Å². The largest absolute Gasteiger partial charge is 0.363 e. The van der Waals surface area contributed by atoms with Gasteiger partial charge in [-0.15, -0.1) is 0 Å². The summed E-state index contributed by atoms with van der Waals surface area (Å²) in [6.45, 7) is 5.58. The molecule has 1 atom stereocenters. The van der Waals surface area contributed by atoms with E-state index in [0.29, 0.717) is 12.1 Å². The molecule has 0 aromatic carbocycles. The quantitative estimate of drug-likeness (QED) is 0.869. The highest BCUT2D eigenvalue weighted by molar-refractivity contribution is 5.94. The van der Waals surface area contributed by atoms with Gasteiger partial charge in [0.1, 0.15) is 5.82 Å². The first-order valence-electron chi connectivity index (χ1n) is 8.41. The van der Waals surface area contributed by atoms with Crippen LogP contribution < -0.4 is 4.90 Å². The van der Waals surface area contributed by atoms with E-state index >= 15 is 0 Å². The minimum Gasteiger partial charge on any atom is -0.363 e. The molecule has 0 spiro atoms. The summed E-state index contributed by atoms with van der Waals surface area (Å²) in [5, 5.41) is 4.59. The number of anilines is 1. The first-order valence-corrected chi connectivity index (χ1v) is 8.41. The Bertz CT molecular complexity index is 720. The predicted octanol–water partition coefficient (Wildman–Crippen LogP) is 2.44. The van der Waals surface area contributed by atoms with Crippen molar-refractivity contribution in [2.75, 3.05) is 32.1 Å². The third kappa shape index (κ3) is 3.27. The minimum absolute atomic E-state index is 0.0547. The van der Waals surface area contributed by atoms with Crippen LogP contribution in [0, 0.1) is 13.8 Å². The van der Waals surface area contributed by atoms with Crippen LogP contribution in [-0.2, 0) is 0 Å². The summed E-state index contributed by atoms with van der Waals surface area (Å²) >= 11 is 0. The smallest absolute Gasteiger partial charge is 0.255 e. The summed E-state index contributed by atoms with van der Waals surface area (Å²) in [4.78, 5) is 21.0. The molecule has 0 N–H and O–H groups in total. The summed E-state index contributed by atoms with van der Waals surface area (Å²) in [6, 6.07) is 6.09. The van der Waals surface area contributed by atoms with Crippen LogP contribution in [0.5, 0.6) is 0 Å². The Morgan fingerprint density at radius 2 is 2.08 bits per heavy atom. The van der Waals surface area contributed by atoms with Gasteiger partial charge in [0.25, 0.3) is 5.91 Å². The van der Waals surface area contributed by atoms with Gasteiger partial charge in [-0.05, 0) is 44.9 Å². The van der Waals surface area contributed by atoms with E-state index < -0.39 is 0 Å². The van der Waals surface area contributed by atoms with Crippen molar-refractivity contribution in [2.24, 2.45) is 0 Å². The summed E-state index contributed by atoms with van der Waals surface area (Å²) in [5.74, 6) is 0.907. The van der Waals surface area contributed by atoms with Crippen molar-refractivity contribution in [3.05, 3.63) is 41.3 Å². The van der Waals surface area contributed by atoms with E-state index in [2.05, 4.69) is 27.8 Å². The maximum absolute atomic E-state index is 12.8. The minimum atomic E-state index is 0.0547. The molecule has 1 aliphatic heterocycles. The average molecular weight is 327 g/mol. The molecule has 6 heteroatoms. The van der Waals surface area contributed by atoms with Gasteiger partial charge in [0.15, 0.2) is 0 Å². The number of rotatable bonds is 3. The molecule has 2 aromatic heterocycles. The number of amides is 1. The normalized spacial score (nSPS) is 17.8. The molecule has 0 radical (unpaired) electrons. The second kappa shape index (κ2) is 6.63. The van der Waals surface area contributed by atoms with E-state index in [9.17, 15) is 4.79 Å². The number of likely N-dealkylation sites (tertiary alicyclic amines) is 1. The molecule has 1 saturated heterocycles. The van der Waals surface area contributed by atoms with Crippen molar-refractivity contribution in [3.63, 3.8) is 0 Å². The number of hydrogen-bond acceptors (Lipinski definition) is 4. The van der Waals surface area contributed by atoms with Crippen molar-refractivity contribution in [2.45, 2.75) is 32.7 Å². The number of carbonyl (C=O) groups excluding carboxylic acids is 1. The number of aryl methyl sites for hydroxylation is 2. The zero-order valence-corrected chi connectivity index (χ0v) is 14.9. The predicted molar refractivity (Wildman–Crippen MR) is 94.4 cm³/mol. The van der Waals surface area contributed by atoms with E-state index in [1.54, 1.807) is 6.20 Å². The van der Waals surface area contributed by atoms with Crippen molar-refractivity contribution < 1.29 is 4.79 Å². The van der Waals surface area contributed by atoms with Gasteiger partial charge in [0.05, 0.1) is 17.3 Å².